The summed E-state index contributed by atoms with van der Waals surface area (Å²) in [6.45, 7) is 2.15. The molecule has 3 rings (SSSR count). The molecule has 122 valence electrons. The molecule has 1 aromatic carbocycles. The first-order valence-electron chi connectivity index (χ1n) is 7.42. The van der Waals surface area contributed by atoms with Gasteiger partial charge in [-0.2, -0.15) is 0 Å². The van der Waals surface area contributed by atoms with Crippen LogP contribution in [-0.4, -0.2) is 42.6 Å². The highest BCUT2D eigenvalue weighted by atomic mass is 79.9. The number of hydrogen-bond acceptors (Lipinski definition) is 5. The summed E-state index contributed by atoms with van der Waals surface area (Å²) in [4.78, 5) is 1.83. The number of ether oxygens (including phenoxy) is 2. The summed E-state index contributed by atoms with van der Waals surface area (Å²) in [5.41, 5.74) is 0.437. The number of hydrogen-bond donors (Lipinski definition) is 2. The van der Waals surface area contributed by atoms with E-state index in [1.807, 2.05) is 4.90 Å². The Bertz CT molecular complexity index is 545. The largest absolute Gasteiger partial charge is 0.378 e. The first-order valence-corrected chi connectivity index (χ1v) is 8.21. The van der Waals surface area contributed by atoms with Crippen LogP contribution in [0.2, 0.25) is 0 Å². The second-order valence-electron chi connectivity index (χ2n) is 5.67. The van der Waals surface area contributed by atoms with Crippen molar-refractivity contribution in [1.29, 1.82) is 0 Å². The van der Waals surface area contributed by atoms with Crippen LogP contribution in [-0.2, 0) is 15.4 Å². The molecule has 1 saturated heterocycles. The third kappa shape index (κ3) is 3.28. The van der Waals surface area contributed by atoms with Gasteiger partial charge in [-0.15, -0.1) is 0 Å². The fraction of sp³-hybridized carbons (Fsp3) is 0.600. The van der Waals surface area contributed by atoms with Crippen molar-refractivity contribution in [3.05, 3.63) is 28.0 Å². The molecule has 0 radical (unpaired) electrons. The van der Waals surface area contributed by atoms with Crippen molar-refractivity contribution in [2.24, 2.45) is 0 Å². The highest BCUT2D eigenvalue weighted by Gasteiger charge is 2.35. The average Bonchev–Trinajstić information content (AvgIpc) is 2.46. The summed E-state index contributed by atoms with van der Waals surface area (Å²) >= 11 is 3.14. The van der Waals surface area contributed by atoms with Gasteiger partial charge in [0, 0.05) is 18.7 Å². The summed E-state index contributed by atoms with van der Waals surface area (Å²) in [7, 11) is 0. The number of anilines is 1. The van der Waals surface area contributed by atoms with Gasteiger partial charge in [-0.1, -0.05) is 0 Å². The maximum Gasteiger partial charge on any atom is 0.307 e. The zero-order chi connectivity index (χ0) is 15.7. The molecule has 2 aliphatic rings. The summed E-state index contributed by atoms with van der Waals surface area (Å²) in [5, 5.41) is 20.4. The van der Waals surface area contributed by atoms with Crippen LogP contribution in [0.4, 0.5) is 10.1 Å². The SMILES string of the molecule is OC(O)(OC1CCC1)c1cc(Br)c(F)c(N2CCOCC2)c1. The molecule has 5 nitrogen and oxygen atoms in total. The Balaban J connectivity index is 1.89. The number of halogens is 2. The molecule has 0 spiro atoms. The minimum atomic E-state index is -2.41. The lowest BCUT2D eigenvalue weighted by Gasteiger charge is -2.34. The molecule has 1 aliphatic carbocycles. The predicted molar refractivity (Wildman–Crippen MR) is 82.0 cm³/mol. The van der Waals surface area contributed by atoms with E-state index in [4.69, 9.17) is 9.47 Å². The van der Waals surface area contributed by atoms with Gasteiger partial charge >= 0.3 is 5.97 Å². The summed E-state index contributed by atoms with van der Waals surface area (Å²) in [6.07, 6.45) is 2.47. The Labute approximate surface area is 136 Å². The van der Waals surface area contributed by atoms with E-state index >= 15 is 0 Å². The van der Waals surface area contributed by atoms with Crippen LogP contribution in [0.25, 0.3) is 0 Å². The summed E-state index contributed by atoms with van der Waals surface area (Å²) in [6, 6.07) is 2.78. The minimum Gasteiger partial charge on any atom is -0.378 e. The highest BCUT2D eigenvalue weighted by Crippen LogP contribution is 2.35. The third-order valence-corrected chi connectivity index (χ3v) is 4.70. The van der Waals surface area contributed by atoms with Gasteiger partial charge in [0.05, 0.1) is 29.5 Å². The van der Waals surface area contributed by atoms with Gasteiger partial charge in [-0.25, -0.2) is 4.39 Å². The first kappa shape index (κ1) is 16.1. The number of aliphatic hydroxyl groups is 2. The molecular weight excluding hydrogens is 357 g/mol. The van der Waals surface area contributed by atoms with Crippen molar-refractivity contribution < 1.29 is 24.1 Å². The molecule has 2 N–H and O–H groups in total. The lowest BCUT2D eigenvalue weighted by molar-refractivity contribution is -0.373. The number of nitrogens with zero attached hydrogens (tertiary/aromatic N) is 1. The Kier molecular flexibility index (Phi) is 4.70. The van der Waals surface area contributed by atoms with E-state index in [9.17, 15) is 14.6 Å². The quantitative estimate of drug-likeness (QED) is 0.789. The Morgan fingerprint density at radius 1 is 1.27 bits per heavy atom. The molecule has 1 saturated carbocycles. The van der Waals surface area contributed by atoms with Crippen molar-refractivity contribution in [2.75, 3.05) is 31.2 Å². The summed E-state index contributed by atoms with van der Waals surface area (Å²) in [5.74, 6) is -2.84. The molecule has 1 aliphatic heterocycles. The molecule has 7 heteroatoms. The van der Waals surface area contributed by atoms with Crippen molar-refractivity contribution in [3.63, 3.8) is 0 Å². The molecular formula is C15H19BrFNO4. The lowest BCUT2D eigenvalue weighted by Crippen LogP contribution is -2.39. The first-order chi connectivity index (χ1) is 10.5. The molecule has 22 heavy (non-hydrogen) atoms. The van der Waals surface area contributed by atoms with Crippen LogP contribution in [0.5, 0.6) is 0 Å². The zero-order valence-electron chi connectivity index (χ0n) is 12.1. The van der Waals surface area contributed by atoms with E-state index in [1.54, 1.807) is 0 Å². The van der Waals surface area contributed by atoms with E-state index in [1.165, 1.54) is 12.1 Å². The van der Waals surface area contributed by atoms with Crippen LogP contribution < -0.4 is 4.90 Å². The number of benzene rings is 1. The van der Waals surface area contributed by atoms with E-state index in [0.717, 1.165) is 19.3 Å². The van der Waals surface area contributed by atoms with E-state index in [0.29, 0.717) is 32.0 Å². The van der Waals surface area contributed by atoms with Gasteiger partial charge in [0.15, 0.2) is 5.82 Å². The molecule has 2 fully saturated rings. The second kappa shape index (κ2) is 6.41. The summed E-state index contributed by atoms with van der Waals surface area (Å²) < 4.78 is 25.1. The molecule has 0 unspecified atom stereocenters. The van der Waals surface area contributed by atoms with Crippen LogP contribution in [0.1, 0.15) is 24.8 Å². The molecule has 0 atom stereocenters. The van der Waals surface area contributed by atoms with Gasteiger partial charge in [-0.3, -0.25) is 0 Å². The van der Waals surface area contributed by atoms with Crippen LogP contribution in [0.3, 0.4) is 0 Å². The maximum absolute atomic E-state index is 14.4. The van der Waals surface area contributed by atoms with Crippen molar-refractivity contribution in [3.8, 4) is 0 Å². The standard InChI is InChI=1S/C15H19BrFNO4/c16-12-8-10(15(19,20)22-11-2-1-3-11)9-13(14(12)17)18-4-6-21-7-5-18/h8-9,11,19-20H,1-7H2. The number of morpholine rings is 1. The average molecular weight is 376 g/mol. The van der Waals surface area contributed by atoms with E-state index < -0.39 is 11.8 Å². The van der Waals surface area contributed by atoms with Gasteiger partial charge in [-0.05, 0) is 47.3 Å². The van der Waals surface area contributed by atoms with Crippen molar-refractivity contribution >= 4 is 21.6 Å². The van der Waals surface area contributed by atoms with E-state index in [-0.39, 0.29) is 16.1 Å². The Hall–Kier alpha value is -0.730. The van der Waals surface area contributed by atoms with Gasteiger partial charge in [0.2, 0.25) is 0 Å². The maximum atomic E-state index is 14.4. The minimum absolute atomic E-state index is 0.120. The Morgan fingerprint density at radius 2 is 1.95 bits per heavy atom. The van der Waals surface area contributed by atoms with Gasteiger partial charge in [0.1, 0.15) is 0 Å². The predicted octanol–water partition coefficient (Wildman–Crippen LogP) is 2.09. The molecule has 1 heterocycles. The third-order valence-electron chi connectivity index (χ3n) is 4.12. The molecule has 0 bridgehead atoms. The molecule has 0 amide bonds. The van der Waals surface area contributed by atoms with Crippen molar-refractivity contribution in [1.82, 2.24) is 0 Å². The molecule has 0 aromatic heterocycles. The van der Waals surface area contributed by atoms with Crippen LogP contribution in [0, 0.1) is 5.82 Å². The number of rotatable bonds is 4. The zero-order valence-corrected chi connectivity index (χ0v) is 13.7. The van der Waals surface area contributed by atoms with Gasteiger partial charge in [0.25, 0.3) is 0 Å². The molecule has 1 aromatic rings. The topological polar surface area (TPSA) is 62.2 Å². The van der Waals surface area contributed by atoms with Crippen LogP contribution in [0.15, 0.2) is 16.6 Å². The van der Waals surface area contributed by atoms with Crippen molar-refractivity contribution in [2.45, 2.75) is 31.3 Å². The van der Waals surface area contributed by atoms with Gasteiger partial charge < -0.3 is 24.6 Å². The van der Waals surface area contributed by atoms with Crippen LogP contribution >= 0.6 is 15.9 Å². The Morgan fingerprint density at radius 3 is 2.55 bits per heavy atom. The monoisotopic (exact) mass is 375 g/mol. The van der Waals surface area contributed by atoms with E-state index in [2.05, 4.69) is 15.9 Å². The normalized spacial score (nSPS) is 20.1. The fourth-order valence-electron chi connectivity index (χ4n) is 2.59. The smallest absolute Gasteiger partial charge is 0.307 e. The fourth-order valence-corrected chi connectivity index (χ4v) is 3.04. The second-order valence-corrected chi connectivity index (χ2v) is 6.52. The lowest BCUT2D eigenvalue weighted by atomic mass is 9.96. The highest BCUT2D eigenvalue weighted by molar-refractivity contribution is 9.10.